The molecule has 0 aliphatic carbocycles. The van der Waals surface area contributed by atoms with Gasteiger partial charge >= 0.3 is 0 Å². The van der Waals surface area contributed by atoms with E-state index in [1.165, 1.54) is 12.1 Å². The van der Waals surface area contributed by atoms with Crippen molar-refractivity contribution in [1.29, 1.82) is 0 Å². The van der Waals surface area contributed by atoms with E-state index in [1.807, 2.05) is 0 Å². The van der Waals surface area contributed by atoms with Crippen molar-refractivity contribution < 1.29 is 13.9 Å². The summed E-state index contributed by atoms with van der Waals surface area (Å²) in [6, 6.07) is 12.4. The van der Waals surface area contributed by atoms with Crippen molar-refractivity contribution in [2.45, 2.75) is 0 Å². The van der Waals surface area contributed by atoms with E-state index in [9.17, 15) is 9.18 Å². The van der Waals surface area contributed by atoms with Crippen LogP contribution in [0.4, 0.5) is 10.1 Å². The van der Waals surface area contributed by atoms with E-state index in [0.717, 1.165) is 0 Å². The van der Waals surface area contributed by atoms with Crippen molar-refractivity contribution in [3.05, 3.63) is 59.9 Å². The molecule has 0 bridgehead atoms. The van der Waals surface area contributed by atoms with Crippen molar-refractivity contribution in [2.75, 3.05) is 12.4 Å². The Morgan fingerprint density at radius 2 is 1.90 bits per heavy atom. The number of carbonyl (C=O) groups is 1. The molecule has 2 aromatic rings. The molecule has 0 atom stereocenters. The minimum absolute atomic E-state index is 0.0985. The zero-order chi connectivity index (χ0) is 15.2. The Balaban J connectivity index is 1.96. The molecule has 0 fully saturated rings. The van der Waals surface area contributed by atoms with E-state index in [2.05, 4.69) is 10.6 Å². The number of rotatable bonds is 3. The Labute approximate surface area is 126 Å². The second kappa shape index (κ2) is 6.81. The smallest absolute Gasteiger partial charge is 0.257 e. The molecular formula is C15H13FN2O2S. The standard InChI is InChI=1S/C15H13FN2O2S/c1-20-13-7-5-10(6-8-13)14(19)18-15(21)17-12-4-2-3-11(16)9-12/h2-9H,1H3,(H2,17,18,19,21). The molecule has 0 spiro atoms. The molecule has 0 radical (unpaired) electrons. The van der Waals surface area contributed by atoms with Gasteiger partial charge in [-0.05, 0) is 54.7 Å². The summed E-state index contributed by atoms with van der Waals surface area (Å²) in [5.41, 5.74) is 0.911. The normalized spacial score (nSPS) is 9.81. The van der Waals surface area contributed by atoms with Gasteiger partial charge < -0.3 is 10.1 Å². The fourth-order valence-electron chi connectivity index (χ4n) is 1.65. The summed E-state index contributed by atoms with van der Waals surface area (Å²) in [5.74, 6) is -0.0807. The number of carbonyl (C=O) groups excluding carboxylic acids is 1. The molecule has 2 N–H and O–H groups in total. The van der Waals surface area contributed by atoms with Gasteiger partial charge in [0.1, 0.15) is 11.6 Å². The lowest BCUT2D eigenvalue weighted by Crippen LogP contribution is -2.34. The van der Waals surface area contributed by atoms with Crippen molar-refractivity contribution >= 4 is 28.9 Å². The number of anilines is 1. The fraction of sp³-hybridized carbons (Fsp3) is 0.0667. The molecular weight excluding hydrogens is 291 g/mol. The van der Waals surface area contributed by atoms with Crippen LogP contribution in [0.3, 0.4) is 0 Å². The number of hydrogen-bond donors (Lipinski definition) is 2. The van der Waals surface area contributed by atoms with Gasteiger partial charge in [0, 0.05) is 11.3 Å². The molecule has 21 heavy (non-hydrogen) atoms. The molecule has 2 rings (SSSR count). The van der Waals surface area contributed by atoms with Crippen LogP contribution in [0.2, 0.25) is 0 Å². The highest BCUT2D eigenvalue weighted by molar-refractivity contribution is 7.80. The lowest BCUT2D eigenvalue weighted by Gasteiger charge is -2.09. The third kappa shape index (κ3) is 4.25. The average Bonchev–Trinajstić information content (AvgIpc) is 2.47. The number of halogens is 1. The molecule has 0 saturated carbocycles. The van der Waals surface area contributed by atoms with Gasteiger partial charge in [0.2, 0.25) is 0 Å². The summed E-state index contributed by atoms with van der Waals surface area (Å²) in [4.78, 5) is 12.0. The van der Waals surface area contributed by atoms with Crippen molar-refractivity contribution in [1.82, 2.24) is 5.32 Å². The van der Waals surface area contributed by atoms with Gasteiger partial charge in [-0.2, -0.15) is 0 Å². The molecule has 0 saturated heterocycles. The zero-order valence-corrected chi connectivity index (χ0v) is 12.0. The van der Waals surface area contributed by atoms with Crippen LogP contribution in [0.25, 0.3) is 0 Å². The molecule has 108 valence electrons. The Morgan fingerprint density at radius 3 is 2.52 bits per heavy atom. The molecule has 0 unspecified atom stereocenters. The highest BCUT2D eigenvalue weighted by Gasteiger charge is 2.08. The quantitative estimate of drug-likeness (QED) is 0.856. The maximum absolute atomic E-state index is 13.0. The summed E-state index contributed by atoms with van der Waals surface area (Å²) in [7, 11) is 1.55. The molecule has 0 aliphatic rings. The molecule has 1 amide bonds. The van der Waals surface area contributed by atoms with E-state index >= 15 is 0 Å². The Hall–Kier alpha value is -2.47. The third-order valence-corrected chi connectivity index (χ3v) is 2.87. The minimum Gasteiger partial charge on any atom is -0.497 e. The van der Waals surface area contributed by atoms with Gasteiger partial charge in [-0.1, -0.05) is 6.07 Å². The number of methoxy groups -OCH3 is 1. The summed E-state index contributed by atoms with van der Waals surface area (Å²) in [6.45, 7) is 0. The first-order valence-corrected chi connectivity index (χ1v) is 6.51. The maximum Gasteiger partial charge on any atom is 0.257 e. The van der Waals surface area contributed by atoms with E-state index in [1.54, 1.807) is 43.5 Å². The van der Waals surface area contributed by atoms with Gasteiger partial charge in [-0.3, -0.25) is 10.1 Å². The van der Waals surface area contributed by atoms with Crippen LogP contribution in [0, 0.1) is 5.82 Å². The van der Waals surface area contributed by atoms with Crippen molar-refractivity contribution in [3.63, 3.8) is 0 Å². The van der Waals surface area contributed by atoms with Crippen LogP contribution in [-0.4, -0.2) is 18.1 Å². The topological polar surface area (TPSA) is 50.4 Å². The van der Waals surface area contributed by atoms with Crippen LogP contribution in [-0.2, 0) is 0 Å². The summed E-state index contributed by atoms with van der Waals surface area (Å²) in [6.07, 6.45) is 0. The van der Waals surface area contributed by atoms with Crippen molar-refractivity contribution in [3.8, 4) is 5.75 Å². The van der Waals surface area contributed by atoms with Crippen LogP contribution in [0.1, 0.15) is 10.4 Å². The first kappa shape index (κ1) is 14.9. The number of hydrogen-bond acceptors (Lipinski definition) is 3. The molecule has 0 aromatic heterocycles. The number of nitrogens with one attached hydrogen (secondary N) is 2. The third-order valence-electron chi connectivity index (χ3n) is 2.66. The summed E-state index contributed by atoms with van der Waals surface area (Å²) in [5, 5.41) is 5.36. The molecule has 6 heteroatoms. The Bertz CT molecular complexity index is 659. The van der Waals surface area contributed by atoms with Gasteiger partial charge in [0.25, 0.3) is 5.91 Å². The maximum atomic E-state index is 13.0. The van der Waals surface area contributed by atoms with E-state index < -0.39 is 0 Å². The molecule has 2 aromatic carbocycles. The number of thiocarbonyl (C=S) groups is 1. The lowest BCUT2D eigenvalue weighted by atomic mass is 10.2. The molecule has 0 aliphatic heterocycles. The largest absolute Gasteiger partial charge is 0.497 e. The van der Waals surface area contributed by atoms with Crippen LogP contribution >= 0.6 is 12.2 Å². The number of ether oxygens (including phenoxy) is 1. The van der Waals surface area contributed by atoms with Crippen molar-refractivity contribution in [2.24, 2.45) is 0 Å². The highest BCUT2D eigenvalue weighted by Crippen LogP contribution is 2.12. The second-order valence-electron chi connectivity index (χ2n) is 4.15. The zero-order valence-electron chi connectivity index (χ0n) is 11.2. The van der Waals surface area contributed by atoms with Gasteiger partial charge in [-0.15, -0.1) is 0 Å². The highest BCUT2D eigenvalue weighted by atomic mass is 32.1. The number of benzene rings is 2. The predicted molar refractivity (Wildman–Crippen MR) is 83.1 cm³/mol. The van der Waals surface area contributed by atoms with Crippen LogP contribution in [0.5, 0.6) is 5.75 Å². The fourth-order valence-corrected chi connectivity index (χ4v) is 1.86. The first-order valence-electron chi connectivity index (χ1n) is 6.10. The summed E-state index contributed by atoms with van der Waals surface area (Å²) >= 11 is 5.01. The predicted octanol–water partition coefficient (Wildman–Crippen LogP) is 2.96. The monoisotopic (exact) mass is 304 g/mol. The van der Waals surface area contributed by atoms with E-state index in [0.29, 0.717) is 17.0 Å². The van der Waals surface area contributed by atoms with E-state index in [4.69, 9.17) is 17.0 Å². The Morgan fingerprint density at radius 1 is 1.19 bits per heavy atom. The van der Waals surface area contributed by atoms with E-state index in [-0.39, 0.29) is 16.8 Å². The first-order chi connectivity index (χ1) is 10.1. The Kier molecular flexibility index (Phi) is 4.84. The number of amides is 1. The second-order valence-corrected chi connectivity index (χ2v) is 4.56. The average molecular weight is 304 g/mol. The van der Waals surface area contributed by atoms with Gasteiger partial charge in [0.05, 0.1) is 7.11 Å². The van der Waals surface area contributed by atoms with Gasteiger partial charge in [-0.25, -0.2) is 4.39 Å². The van der Waals surface area contributed by atoms with Crippen LogP contribution in [0.15, 0.2) is 48.5 Å². The molecule has 0 heterocycles. The lowest BCUT2D eigenvalue weighted by molar-refractivity contribution is 0.0977. The van der Waals surface area contributed by atoms with Crippen LogP contribution < -0.4 is 15.4 Å². The SMILES string of the molecule is COc1ccc(C(=O)NC(=S)Nc2cccc(F)c2)cc1. The molecule has 4 nitrogen and oxygen atoms in total. The summed E-state index contributed by atoms with van der Waals surface area (Å²) < 4.78 is 18.0. The minimum atomic E-state index is -0.385. The van der Waals surface area contributed by atoms with Gasteiger partial charge in [0.15, 0.2) is 5.11 Å².